The van der Waals surface area contributed by atoms with E-state index in [1.807, 2.05) is 6.92 Å². The molecule has 0 spiro atoms. The van der Waals surface area contributed by atoms with Gasteiger partial charge in [-0.1, -0.05) is 25.1 Å². The average Bonchev–Trinajstić information content (AvgIpc) is 2.30. The molecule has 3 unspecified atom stereocenters. The van der Waals surface area contributed by atoms with Crippen molar-refractivity contribution in [2.75, 3.05) is 0 Å². The summed E-state index contributed by atoms with van der Waals surface area (Å²) in [5, 5.41) is 1.07. The van der Waals surface area contributed by atoms with Crippen molar-refractivity contribution in [2.45, 2.75) is 56.0 Å². The first-order valence-electron chi connectivity index (χ1n) is 6.58. The zero-order chi connectivity index (χ0) is 13.1. The number of nitrogens with zero attached hydrogens (tertiary/aromatic N) is 1. The number of aromatic amines is 1. The third-order valence-corrected chi connectivity index (χ3v) is 4.90. The van der Waals surface area contributed by atoms with Gasteiger partial charge in [0.15, 0.2) is 5.16 Å². The zero-order valence-electron chi connectivity index (χ0n) is 11.0. The van der Waals surface area contributed by atoms with E-state index in [0.717, 1.165) is 24.5 Å². The van der Waals surface area contributed by atoms with E-state index in [9.17, 15) is 4.79 Å². The van der Waals surface area contributed by atoms with E-state index in [4.69, 9.17) is 5.73 Å². The van der Waals surface area contributed by atoms with Gasteiger partial charge in [0.1, 0.15) is 0 Å². The third-order valence-electron chi connectivity index (χ3n) is 3.64. The van der Waals surface area contributed by atoms with Crippen molar-refractivity contribution in [3.05, 3.63) is 22.1 Å². The molecule has 1 aromatic rings. The first-order chi connectivity index (χ1) is 8.58. The van der Waals surface area contributed by atoms with E-state index in [1.54, 1.807) is 11.8 Å². The predicted octanol–water partition coefficient (Wildman–Crippen LogP) is 2.08. The van der Waals surface area contributed by atoms with Crippen LogP contribution in [0.25, 0.3) is 0 Å². The number of aromatic nitrogens is 2. The third kappa shape index (κ3) is 3.36. The number of rotatable bonds is 3. The Morgan fingerprint density at radius 2 is 2.33 bits per heavy atom. The second kappa shape index (κ2) is 5.89. The van der Waals surface area contributed by atoms with Crippen molar-refractivity contribution in [3.8, 4) is 0 Å². The van der Waals surface area contributed by atoms with Gasteiger partial charge in [0.2, 0.25) is 0 Å². The molecular weight excluding hydrogens is 246 g/mol. The van der Waals surface area contributed by atoms with Gasteiger partial charge in [0.25, 0.3) is 5.56 Å². The molecule has 1 saturated carbocycles. The molecule has 1 fully saturated rings. The molecule has 1 aromatic heterocycles. The Morgan fingerprint density at radius 1 is 1.56 bits per heavy atom. The molecule has 1 aliphatic rings. The second-order valence-corrected chi connectivity index (χ2v) is 6.33. The minimum absolute atomic E-state index is 0.0820. The fraction of sp³-hybridized carbons (Fsp3) is 0.692. The molecule has 0 amide bonds. The Hall–Kier alpha value is -0.810. The normalized spacial score (nSPS) is 28.3. The summed E-state index contributed by atoms with van der Waals surface area (Å²) in [7, 11) is 0. The minimum Gasteiger partial charge on any atom is -0.327 e. The van der Waals surface area contributed by atoms with Crippen molar-refractivity contribution in [1.29, 1.82) is 0 Å². The van der Waals surface area contributed by atoms with Gasteiger partial charge in [-0.15, -0.1) is 0 Å². The van der Waals surface area contributed by atoms with Crippen LogP contribution >= 0.6 is 11.8 Å². The first-order valence-corrected chi connectivity index (χ1v) is 7.46. The van der Waals surface area contributed by atoms with Gasteiger partial charge >= 0.3 is 0 Å². The molecule has 2 rings (SSSR count). The summed E-state index contributed by atoms with van der Waals surface area (Å²) in [6, 6.07) is 1.73. The van der Waals surface area contributed by atoms with Gasteiger partial charge in [-0.2, -0.15) is 0 Å². The Bertz CT molecular complexity index is 460. The molecule has 0 radical (unpaired) electrons. The number of thioether (sulfide) groups is 1. The lowest BCUT2D eigenvalue weighted by atomic mass is 9.84. The lowest BCUT2D eigenvalue weighted by molar-refractivity contribution is 0.327. The van der Waals surface area contributed by atoms with Crippen LogP contribution in [0.5, 0.6) is 0 Å². The molecule has 3 atom stereocenters. The Labute approximate surface area is 112 Å². The molecule has 0 aliphatic heterocycles. The molecule has 18 heavy (non-hydrogen) atoms. The molecule has 0 saturated heterocycles. The highest BCUT2D eigenvalue weighted by Gasteiger charge is 2.28. The number of nitrogens with one attached hydrogen (secondary N) is 1. The highest BCUT2D eigenvalue weighted by atomic mass is 32.2. The summed E-state index contributed by atoms with van der Waals surface area (Å²) in [5.41, 5.74) is 6.86. The monoisotopic (exact) mass is 267 g/mol. The van der Waals surface area contributed by atoms with Gasteiger partial charge in [-0.3, -0.25) is 4.79 Å². The standard InChI is InChI=1S/C13H21N3OS/c1-3-9-4-5-10(14)11(7-9)18-13-15-8(2)6-12(17)16-13/h6,9-11H,3-5,7,14H2,1-2H3,(H,15,16,17). The van der Waals surface area contributed by atoms with E-state index in [2.05, 4.69) is 16.9 Å². The van der Waals surface area contributed by atoms with Crippen molar-refractivity contribution in [3.63, 3.8) is 0 Å². The summed E-state index contributed by atoms with van der Waals surface area (Å²) < 4.78 is 0. The van der Waals surface area contributed by atoms with Crippen molar-refractivity contribution in [2.24, 2.45) is 11.7 Å². The van der Waals surface area contributed by atoms with Gasteiger partial charge in [0, 0.05) is 23.1 Å². The van der Waals surface area contributed by atoms with Crippen LogP contribution in [-0.4, -0.2) is 21.3 Å². The SMILES string of the molecule is CCC1CCC(N)C(Sc2nc(C)cc(=O)[nH]2)C1. The predicted molar refractivity (Wildman–Crippen MR) is 74.8 cm³/mol. The van der Waals surface area contributed by atoms with Crippen LogP contribution in [0.15, 0.2) is 16.0 Å². The number of hydrogen-bond donors (Lipinski definition) is 2. The van der Waals surface area contributed by atoms with Crippen LogP contribution in [0.4, 0.5) is 0 Å². The van der Waals surface area contributed by atoms with Crippen molar-refractivity contribution >= 4 is 11.8 Å². The summed E-state index contributed by atoms with van der Waals surface area (Å²) >= 11 is 1.63. The highest BCUT2D eigenvalue weighted by Crippen LogP contribution is 2.35. The molecule has 1 aliphatic carbocycles. The zero-order valence-corrected chi connectivity index (χ0v) is 11.8. The minimum atomic E-state index is -0.0820. The molecule has 5 heteroatoms. The summed E-state index contributed by atoms with van der Waals surface area (Å²) in [6.07, 6.45) is 4.64. The number of aryl methyl sites for hydroxylation is 1. The summed E-state index contributed by atoms with van der Waals surface area (Å²) in [6.45, 7) is 4.07. The van der Waals surface area contributed by atoms with Crippen LogP contribution in [0.2, 0.25) is 0 Å². The van der Waals surface area contributed by atoms with Gasteiger partial charge in [-0.25, -0.2) is 4.98 Å². The fourth-order valence-electron chi connectivity index (χ4n) is 2.49. The van der Waals surface area contributed by atoms with E-state index in [-0.39, 0.29) is 11.6 Å². The number of nitrogens with two attached hydrogens (primary N) is 1. The summed E-state index contributed by atoms with van der Waals surface area (Å²) in [4.78, 5) is 18.6. The highest BCUT2D eigenvalue weighted by molar-refractivity contribution is 7.99. The molecule has 4 nitrogen and oxygen atoms in total. The lowest BCUT2D eigenvalue weighted by Gasteiger charge is -2.32. The van der Waals surface area contributed by atoms with E-state index in [1.165, 1.54) is 18.9 Å². The molecule has 0 bridgehead atoms. The second-order valence-electron chi connectivity index (χ2n) is 5.10. The van der Waals surface area contributed by atoms with Gasteiger partial charge in [0.05, 0.1) is 0 Å². The topological polar surface area (TPSA) is 71.8 Å². The van der Waals surface area contributed by atoms with Crippen LogP contribution in [0.1, 0.15) is 38.3 Å². The van der Waals surface area contributed by atoms with Crippen LogP contribution < -0.4 is 11.3 Å². The summed E-state index contributed by atoms with van der Waals surface area (Å²) in [5.74, 6) is 0.763. The first kappa shape index (κ1) is 13.6. The Kier molecular flexibility index (Phi) is 4.45. The molecular formula is C13H21N3OS. The lowest BCUT2D eigenvalue weighted by Crippen LogP contribution is -2.38. The molecule has 1 heterocycles. The number of H-pyrrole nitrogens is 1. The Balaban J connectivity index is 2.09. The maximum absolute atomic E-state index is 11.4. The van der Waals surface area contributed by atoms with Gasteiger partial charge < -0.3 is 10.7 Å². The fourth-order valence-corrected chi connectivity index (χ4v) is 3.81. The van der Waals surface area contributed by atoms with Crippen LogP contribution in [-0.2, 0) is 0 Å². The van der Waals surface area contributed by atoms with Crippen LogP contribution in [0.3, 0.4) is 0 Å². The Morgan fingerprint density at radius 3 is 3.00 bits per heavy atom. The largest absolute Gasteiger partial charge is 0.327 e. The van der Waals surface area contributed by atoms with E-state index < -0.39 is 0 Å². The quantitative estimate of drug-likeness (QED) is 0.822. The smallest absolute Gasteiger partial charge is 0.251 e. The van der Waals surface area contributed by atoms with Gasteiger partial charge in [-0.05, 0) is 32.1 Å². The molecule has 3 N–H and O–H groups in total. The maximum Gasteiger partial charge on any atom is 0.251 e. The maximum atomic E-state index is 11.4. The van der Waals surface area contributed by atoms with Crippen LogP contribution in [0, 0.1) is 12.8 Å². The van der Waals surface area contributed by atoms with Crippen molar-refractivity contribution in [1.82, 2.24) is 9.97 Å². The molecule has 100 valence electrons. The average molecular weight is 267 g/mol. The van der Waals surface area contributed by atoms with E-state index in [0.29, 0.717) is 10.4 Å². The number of hydrogen-bond acceptors (Lipinski definition) is 4. The van der Waals surface area contributed by atoms with Crippen molar-refractivity contribution < 1.29 is 0 Å². The molecule has 0 aromatic carbocycles. The van der Waals surface area contributed by atoms with E-state index >= 15 is 0 Å².